The SMILES string of the molecule is C=CCOc1ccc(/C=C(\C#N)C(=O)Nc2cc(Cl)ccc2N2CCOCC2)cc1. The van der Waals surface area contributed by atoms with Crippen molar-refractivity contribution in [3.8, 4) is 11.8 Å². The van der Waals surface area contributed by atoms with E-state index in [-0.39, 0.29) is 5.57 Å². The highest BCUT2D eigenvalue weighted by Crippen LogP contribution is 2.30. The monoisotopic (exact) mass is 423 g/mol. The van der Waals surface area contributed by atoms with Crippen LogP contribution in [0.15, 0.2) is 60.7 Å². The number of carbonyl (C=O) groups excluding carboxylic acids is 1. The lowest BCUT2D eigenvalue weighted by atomic mass is 10.1. The molecule has 154 valence electrons. The van der Waals surface area contributed by atoms with Gasteiger partial charge in [-0.3, -0.25) is 4.79 Å². The molecule has 30 heavy (non-hydrogen) atoms. The number of hydrogen-bond donors (Lipinski definition) is 1. The third kappa shape index (κ3) is 5.63. The highest BCUT2D eigenvalue weighted by molar-refractivity contribution is 6.31. The van der Waals surface area contributed by atoms with Crippen LogP contribution in [0.3, 0.4) is 0 Å². The van der Waals surface area contributed by atoms with E-state index < -0.39 is 5.91 Å². The zero-order chi connectivity index (χ0) is 21.3. The molecule has 0 saturated carbocycles. The Hall–Kier alpha value is -3.27. The molecule has 1 saturated heterocycles. The van der Waals surface area contributed by atoms with E-state index in [1.54, 1.807) is 42.5 Å². The Balaban J connectivity index is 1.78. The Labute approximate surface area is 181 Å². The van der Waals surface area contributed by atoms with Crippen molar-refractivity contribution < 1.29 is 14.3 Å². The minimum atomic E-state index is -0.499. The topological polar surface area (TPSA) is 74.6 Å². The summed E-state index contributed by atoms with van der Waals surface area (Å²) in [5, 5.41) is 12.8. The predicted octanol–water partition coefficient (Wildman–Crippen LogP) is 4.29. The molecule has 0 aromatic heterocycles. The summed E-state index contributed by atoms with van der Waals surface area (Å²) in [6.45, 7) is 6.68. The van der Waals surface area contributed by atoms with Gasteiger partial charge in [-0.25, -0.2) is 0 Å². The third-order valence-corrected chi connectivity index (χ3v) is 4.72. The maximum atomic E-state index is 12.8. The summed E-state index contributed by atoms with van der Waals surface area (Å²) in [4.78, 5) is 14.9. The van der Waals surface area contributed by atoms with Crippen LogP contribution in [-0.2, 0) is 9.53 Å². The fourth-order valence-corrected chi connectivity index (χ4v) is 3.18. The van der Waals surface area contributed by atoms with E-state index in [4.69, 9.17) is 21.1 Å². The van der Waals surface area contributed by atoms with Gasteiger partial charge in [-0.15, -0.1) is 0 Å². The zero-order valence-electron chi connectivity index (χ0n) is 16.4. The minimum absolute atomic E-state index is 0.0114. The normalized spacial score (nSPS) is 14.0. The predicted molar refractivity (Wildman–Crippen MR) is 119 cm³/mol. The number of morpholine rings is 1. The van der Waals surface area contributed by atoms with Gasteiger partial charge < -0.3 is 19.7 Å². The lowest BCUT2D eigenvalue weighted by Gasteiger charge is -2.30. The molecule has 2 aromatic rings. The summed E-state index contributed by atoms with van der Waals surface area (Å²) in [5.74, 6) is 0.186. The lowest BCUT2D eigenvalue weighted by Crippen LogP contribution is -2.36. The van der Waals surface area contributed by atoms with Crippen molar-refractivity contribution in [3.05, 3.63) is 71.3 Å². The van der Waals surface area contributed by atoms with Gasteiger partial charge >= 0.3 is 0 Å². The van der Waals surface area contributed by atoms with Crippen LogP contribution in [-0.4, -0.2) is 38.8 Å². The van der Waals surface area contributed by atoms with Crippen molar-refractivity contribution in [2.24, 2.45) is 0 Å². The van der Waals surface area contributed by atoms with E-state index in [1.807, 2.05) is 12.1 Å². The van der Waals surface area contributed by atoms with Crippen LogP contribution in [0.5, 0.6) is 5.75 Å². The van der Waals surface area contributed by atoms with E-state index in [2.05, 4.69) is 16.8 Å². The number of halogens is 1. The summed E-state index contributed by atoms with van der Waals surface area (Å²) in [7, 11) is 0. The van der Waals surface area contributed by atoms with Crippen LogP contribution in [0, 0.1) is 11.3 Å². The van der Waals surface area contributed by atoms with Crippen molar-refractivity contribution in [2.75, 3.05) is 43.1 Å². The summed E-state index contributed by atoms with van der Waals surface area (Å²) in [6.07, 6.45) is 3.19. The first-order valence-corrected chi connectivity index (χ1v) is 9.87. The molecule has 0 unspecified atom stereocenters. The Bertz CT molecular complexity index is 974. The number of amides is 1. The third-order valence-electron chi connectivity index (χ3n) is 4.48. The van der Waals surface area contributed by atoms with Crippen molar-refractivity contribution >= 4 is 35.0 Å². The number of anilines is 2. The molecule has 7 heteroatoms. The van der Waals surface area contributed by atoms with E-state index in [0.717, 1.165) is 5.69 Å². The first-order chi connectivity index (χ1) is 14.6. The van der Waals surface area contributed by atoms with Crippen molar-refractivity contribution in [2.45, 2.75) is 0 Å². The number of rotatable bonds is 7. The van der Waals surface area contributed by atoms with Crippen molar-refractivity contribution in [1.82, 2.24) is 0 Å². The Morgan fingerprint density at radius 1 is 1.27 bits per heavy atom. The molecule has 0 atom stereocenters. The van der Waals surface area contributed by atoms with Gasteiger partial charge in [0.1, 0.15) is 24.0 Å². The summed E-state index contributed by atoms with van der Waals surface area (Å²) in [6, 6.07) is 14.4. The van der Waals surface area contributed by atoms with Crippen molar-refractivity contribution in [3.63, 3.8) is 0 Å². The molecular formula is C23H22ClN3O3. The van der Waals surface area contributed by atoms with Crippen LogP contribution < -0.4 is 15.0 Å². The van der Waals surface area contributed by atoms with Crippen LogP contribution >= 0.6 is 11.6 Å². The molecule has 1 fully saturated rings. The number of nitriles is 1. The van der Waals surface area contributed by atoms with Crippen LogP contribution in [0.4, 0.5) is 11.4 Å². The van der Waals surface area contributed by atoms with Gasteiger partial charge in [0.25, 0.3) is 5.91 Å². The first kappa shape index (κ1) is 21.4. The van der Waals surface area contributed by atoms with E-state index in [9.17, 15) is 10.1 Å². The second-order valence-electron chi connectivity index (χ2n) is 6.55. The quantitative estimate of drug-likeness (QED) is 0.408. The molecule has 0 aliphatic carbocycles. The molecule has 3 rings (SSSR count). The average molecular weight is 424 g/mol. The number of nitrogens with one attached hydrogen (secondary N) is 1. The number of hydrogen-bond acceptors (Lipinski definition) is 5. The van der Waals surface area contributed by atoms with Crippen molar-refractivity contribution in [1.29, 1.82) is 5.26 Å². The highest BCUT2D eigenvalue weighted by atomic mass is 35.5. The maximum Gasteiger partial charge on any atom is 0.266 e. The molecule has 6 nitrogen and oxygen atoms in total. The highest BCUT2D eigenvalue weighted by Gasteiger charge is 2.18. The second-order valence-corrected chi connectivity index (χ2v) is 6.99. The van der Waals surface area contributed by atoms with Gasteiger partial charge in [0, 0.05) is 18.1 Å². The van der Waals surface area contributed by atoms with E-state index in [0.29, 0.717) is 54.9 Å². The van der Waals surface area contributed by atoms with Gasteiger partial charge in [-0.1, -0.05) is 36.4 Å². The molecular weight excluding hydrogens is 402 g/mol. The zero-order valence-corrected chi connectivity index (χ0v) is 17.2. The maximum absolute atomic E-state index is 12.8. The molecule has 2 aromatic carbocycles. The Morgan fingerprint density at radius 3 is 2.67 bits per heavy atom. The van der Waals surface area contributed by atoms with Crippen LogP contribution in [0.2, 0.25) is 5.02 Å². The van der Waals surface area contributed by atoms with E-state index in [1.165, 1.54) is 6.08 Å². The van der Waals surface area contributed by atoms with Gasteiger partial charge in [-0.2, -0.15) is 5.26 Å². The summed E-state index contributed by atoms with van der Waals surface area (Å²) >= 11 is 6.14. The first-order valence-electron chi connectivity index (χ1n) is 9.50. The van der Waals surface area contributed by atoms with E-state index >= 15 is 0 Å². The number of benzene rings is 2. The molecule has 0 radical (unpaired) electrons. The molecule has 1 heterocycles. The summed E-state index contributed by atoms with van der Waals surface area (Å²) in [5.41, 5.74) is 2.11. The van der Waals surface area contributed by atoms with Crippen LogP contribution in [0.1, 0.15) is 5.56 Å². The van der Waals surface area contributed by atoms with Gasteiger partial charge in [0.05, 0.1) is 24.6 Å². The molecule has 1 N–H and O–H groups in total. The Morgan fingerprint density at radius 2 is 2.00 bits per heavy atom. The molecule has 0 spiro atoms. The van der Waals surface area contributed by atoms with Crippen LogP contribution in [0.25, 0.3) is 6.08 Å². The Kier molecular flexibility index (Phi) is 7.50. The van der Waals surface area contributed by atoms with Gasteiger partial charge in [-0.05, 0) is 42.0 Å². The number of carbonyl (C=O) groups is 1. The van der Waals surface area contributed by atoms with Gasteiger partial charge in [0.15, 0.2) is 0 Å². The average Bonchev–Trinajstić information content (AvgIpc) is 2.77. The minimum Gasteiger partial charge on any atom is -0.490 e. The molecule has 1 aliphatic rings. The second kappa shape index (κ2) is 10.5. The number of nitrogens with zero attached hydrogens (tertiary/aromatic N) is 2. The standard InChI is InChI=1S/C23H22ClN3O3/c1-2-11-30-20-6-3-17(4-7-20)14-18(16-25)23(28)26-21-15-19(24)5-8-22(21)27-9-12-29-13-10-27/h2-8,14-15H,1,9-13H2,(H,26,28)/b18-14+. The fraction of sp³-hybridized carbons (Fsp3) is 0.217. The molecule has 1 aliphatic heterocycles. The molecule has 0 bridgehead atoms. The largest absolute Gasteiger partial charge is 0.490 e. The fourth-order valence-electron chi connectivity index (χ4n) is 3.01. The lowest BCUT2D eigenvalue weighted by molar-refractivity contribution is -0.112. The number of ether oxygens (including phenoxy) is 2. The van der Waals surface area contributed by atoms with Gasteiger partial charge in [0.2, 0.25) is 0 Å². The molecule has 1 amide bonds. The summed E-state index contributed by atoms with van der Waals surface area (Å²) < 4.78 is 10.8. The smallest absolute Gasteiger partial charge is 0.266 e.